The summed E-state index contributed by atoms with van der Waals surface area (Å²) >= 11 is 5.19. The molecule has 0 bridgehead atoms. The number of ether oxygens (including phenoxy) is 1. The number of thiazole rings is 1. The van der Waals surface area contributed by atoms with Gasteiger partial charge in [-0.3, -0.25) is 0 Å². The van der Waals surface area contributed by atoms with Gasteiger partial charge in [-0.05, 0) is 59.9 Å². The van der Waals surface area contributed by atoms with Gasteiger partial charge in [-0.2, -0.15) is 4.80 Å². The molecule has 8 heteroatoms. The number of hydrogen-bond donors (Lipinski definition) is 0. The van der Waals surface area contributed by atoms with Gasteiger partial charge in [0.2, 0.25) is 5.82 Å². The first-order valence-electron chi connectivity index (χ1n) is 10.4. The quantitative estimate of drug-likeness (QED) is 0.345. The Kier molecular flexibility index (Phi) is 6.02. The number of tetrazole rings is 1. The molecule has 0 radical (unpaired) electrons. The molecule has 0 aliphatic heterocycles. The van der Waals surface area contributed by atoms with Crippen LogP contribution in [-0.2, 0) is 6.54 Å². The van der Waals surface area contributed by atoms with Crippen molar-refractivity contribution in [3.8, 4) is 29.0 Å². The first-order valence-corrected chi connectivity index (χ1v) is 12.0. The first kappa shape index (κ1) is 20.9. The second-order valence-corrected chi connectivity index (χ2v) is 9.45. The van der Waals surface area contributed by atoms with Gasteiger partial charge in [0.05, 0.1) is 19.3 Å². The van der Waals surface area contributed by atoms with E-state index in [-0.39, 0.29) is 0 Å². The Balaban J connectivity index is 1.33. The van der Waals surface area contributed by atoms with Gasteiger partial charge in [0.25, 0.3) is 0 Å². The summed E-state index contributed by atoms with van der Waals surface area (Å²) in [6.07, 6.45) is 3.80. The summed E-state index contributed by atoms with van der Waals surface area (Å²) in [4.78, 5) is 6.28. The molecule has 0 saturated heterocycles. The van der Waals surface area contributed by atoms with E-state index in [1.165, 1.54) is 25.0 Å². The molecule has 0 atom stereocenters. The highest BCUT2D eigenvalue weighted by Gasteiger charge is 2.21. The summed E-state index contributed by atoms with van der Waals surface area (Å²) in [5.74, 6) is 8.44. The highest BCUT2D eigenvalue weighted by Crippen LogP contribution is 2.36. The minimum Gasteiger partial charge on any atom is -0.497 e. The van der Waals surface area contributed by atoms with E-state index in [1.807, 2.05) is 42.5 Å². The molecule has 0 unspecified atom stereocenters. The second-order valence-electron chi connectivity index (χ2n) is 7.68. The molecule has 5 rings (SSSR count). The van der Waals surface area contributed by atoms with Gasteiger partial charge in [-0.15, -0.1) is 21.5 Å². The van der Waals surface area contributed by atoms with Gasteiger partial charge in [0.1, 0.15) is 5.75 Å². The molecule has 1 aliphatic carbocycles. The van der Waals surface area contributed by atoms with Crippen LogP contribution in [0.15, 0.2) is 52.3 Å². The number of benzene rings is 2. The van der Waals surface area contributed by atoms with Crippen LogP contribution in [-0.4, -0.2) is 32.3 Å². The Morgan fingerprint density at radius 1 is 1.16 bits per heavy atom. The fourth-order valence-corrected chi connectivity index (χ4v) is 4.71. The molecule has 1 saturated carbocycles. The van der Waals surface area contributed by atoms with Crippen molar-refractivity contribution in [1.29, 1.82) is 0 Å². The van der Waals surface area contributed by atoms with E-state index in [0.717, 1.165) is 31.9 Å². The van der Waals surface area contributed by atoms with Crippen LogP contribution in [0.3, 0.4) is 0 Å². The van der Waals surface area contributed by atoms with Crippen LogP contribution in [0.2, 0.25) is 0 Å². The zero-order valence-corrected chi connectivity index (χ0v) is 19.9. The molecule has 1 aliphatic rings. The Labute approximate surface area is 198 Å². The average Bonchev–Trinajstić information content (AvgIpc) is 3.41. The third-order valence-electron chi connectivity index (χ3n) is 5.45. The van der Waals surface area contributed by atoms with Gasteiger partial charge in [0, 0.05) is 26.9 Å². The van der Waals surface area contributed by atoms with Crippen LogP contribution < -0.4 is 4.74 Å². The van der Waals surface area contributed by atoms with Crippen molar-refractivity contribution in [2.24, 2.45) is 0 Å². The lowest BCUT2D eigenvalue weighted by Gasteiger charge is -2.22. The van der Waals surface area contributed by atoms with E-state index < -0.39 is 0 Å². The molecule has 1 fully saturated rings. The smallest absolute Gasteiger partial charge is 0.205 e. The van der Waals surface area contributed by atoms with Crippen LogP contribution in [0, 0.1) is 11.8 Å². The third-order valence-corrected chi connectivity index (χ3v) is 6.68. The number of aromatic nitrogens is 5. The Hall–Kier alpha value is -3.02. The Morgan fingerprint density at radius 2 is 2.00 bits per heavy atom. The molecule has 160 valence electrons. The van der Waals surface area contributed by atoms with Gasteiger partial charge in [0.15, 0.2) is 5.01 Å². The number of halogens is 1. The first-order chi connectivity index (χ1) is 15.7. The van der Waals surface area contributed by atoms with E-state index in [9.17, 15) is 0 Å². The number of methoxy groups -OCH3 is 1. The summed E-state index contributed by atoms with van der Waals surface area (Å²) in [6, 6.07) is 13.8. The van der Waals surface area contributed by atoms with E-state index in [2.05, 4.69) is 48.6 Å². The Bertz CT molecular complexity index is 1300. The third kappa shape index (κ3) is 4.74. The SMILES string of the molecule is COc1ccc(Cn2nnc(-c3cc(Br)cc(C#Cc4nc(C5CCC5)cs4)c3)n2)cc1. The van der Waals surface area contributed by atoms with Crippen LogP contribution in [0.5, 0.6) is 5.75 Å². The van der Waals surface area contributed by atoms with Crippen LogP contribution in [0.1, 0.15) is 47.0 Å². The molecule has 0 spiro atoms. The lowest BCUT2D eigenvalue weighted by atomic mass is 9.83. The highest BCUT2D eigenvalue weighted by molar-refractivity contribution is 9.10. The summed E-state index contributed by atoms with van der Waals surface area (Å²) in [5.41, 5.74) is 4.00. The summed E-state index contributed by atoms with van der Waals surface area (Å²) in [5, 5.41) is 16.0. The van der Waals surface area contributed by atoms with Gasteiger partial charge < -0.3 is 4.74 Å². The van der Waals surface area contributed by atoms with Crippen molar-refractivity contribution >= 4 is 27.3 Å². The predicted molar refractivity (Wildman–Crippen MR) is 128 cm³/mol. The van der Waals surface area contributed by atoms with E-state index >= 15 is 0 Å². The van der Waals surface area contributed by atoms with Gasteiger partial charge in [-0.25, -0.2) is 4.98 Å². The van der Waals surface area contributed by atoms with E-state index in [0.29, 0.717) is 18.3 Å². The van der Waals surface area contributed by atoms with Crippen molar-refractivity contribution in [3.05, 3.63) is 74.1 Å². The van der Waals surface area contributed by atoms with Gasteiger partial charge >= 0.3 is 0 Å². The minimum atomic E-state index is 0.533. The average molecular weight is 506 g/mol. The molecule has 2 aromatic heterocycles. The second kappa shape index (κ2) is 9.23. The largest absolute Gasteiger partial charge is 0.497 e. The number of rotatable bonds is 5. The normalized spacial score (nSPS) is 13.3. The molecular formula is C24H20BrN5OS. The topological polar surface area (TPSA) is 65.7 Å². The van der Waals surface area contributed by atoms with Crippen molar-refractivity contribution < 1.29 is 4.74 Å². The van der Waals surface area contributed by atoms with Crippen molar-refractivity contribution in [2.45, 2.75) is 31.7 Å². The summed E-state index contributed by atoms with van der Waals surface area (Å²) in [7, 11) is 1.65. The highest BCUT2D eigenvalue weighted by atomic mass is 79.9. The monoisotopic (exact) mass is 505 g/mol. The Morgan fingerprint density at radius 3 is 2.75 bits per heavy atom. The van der Waals surface area contributed by atoms with Crippen LogP contribution >= 0.6 is 27.3 Å². The lowest BCUT2D eigenvalue weighted by Crippen LogP contribution is -2.08. The predicted octanol–water partition coefficient (Wildman–Crippen LogP) is 5.28. The maximum atomic E-state index is 5.20. The molecule has 0 N–H and O–H groups in total. The zero-order valence-electron chi connectivity index (χ0n) is 17.5. The van der Waals surface area contributed by atoms with E-state index in [1.54, 1.807) is 23.2 Å². The summed E-state index contributed by atoms with van der Waals surface area (Å²) < 4.78 is 6.12. The van der Waals surface area contributed by atoms with E-state index in [4.69, 9.17) is 9.72 Å². The number of nitrogens with zero attached hydrogens (tertiary/aromatic N) is 5. The fraction of sp³-hybridized carbons (Fsp3) is 0.250. The molecule has 6 nitrogen and oxygen atoms in total. The minimum absolute atomic E-state index is 0.533. The molecular weight excluding hydrogens is 486 g/mol. The maximum absolute atomic E-state index is 5.20. The van der Waals surface area contributed by atoms with Crippen molar-refractivity contribution in [3.63, 3.8) is 0 Å². The zero-order chi connectivity index (χ0) is 21.9. The van der Waals surface area contributed by atoms with Gasteiger partial charge in [-0.1, -0.05) is 40.4 Å². The lowest BCUT2D eigenvalue weighted by molar-refractivity contribution is 0.412. The molecule has 32 heavy (non-hydrogen) atoms. The van der Waals surface area contributed by atoms with Crippen molar-refractivity contribution in [1.82, 2.24) is 25.2 Å². The van der Waals surface area contributed by atoms with Crippen LogP contribution in [0.4, 0.5) is 0 Å². The fourth-order valence-electron chi connectivity index (χ4n) is 3.47. The summed E-state index contributed by atoms with van der Waals surface area (Å²) in [6.45, 7) is 0.533. The van der Waals surface area contributed by atoms with Crippen LogP contribution in [0.25, 0.3) is 11.4 Å². The molecule has 0 amide bonds. The number of hydrogen-bond acceptors (Lipinski definition) is 6. The maximum Gasteiger partial charge on any atom is 0.205 e. The molecule has 2 aromatic carbocycles. The standard InChI is InChI=1S/C24H20BrN5OS/c1-31-21-8-5-16(6-9-21)14-30-28-24(27-29-30)19-11-17(12-20(25)13-19)7-10-23-26-22(15-32-23)18-3-2-4-18/h5-6,8-9,11-13,15,18H,2-4,14H2,1H3. The molecule has 2 heterocycles. The molecule has 4 aromatic rings. The van der Waals surface area contributed by atoms with Crippen molar-refractivity contribution in [2.75, 3.05) is 7.11 Å².